The number of fused-ring (bicyclic) bond motifs is 7. The third-order valence-electron chi connectivity index (χ3n) is 16.5. The van der Waals surface area contributed by atoms with Crippen LogP contribution in [-0.4, -0.2) is 103 Å². The van der Waals surface area contributed by atoms with E-state index in [-0.39, 0.29) is 30.1 Å². The molecule has 0 aromatic carbocycles. The van der Waals surface area contributed by atoms with Crippen LogP contribution in [0.5, 0.6) is 0 Å². The van der Waals surface area contributed by atoms with Crippen LogP contribution in [0.4, 0.5) is 0 Å². The molecule has 0 bridgehead atoms. The van der Waals surface area contributed by atoms with Gasteiger partial charge >= 0.3 is 0 Å². The minimum absolute atomic E-state index is 0.0107. The predicted molar refractivity (Wildman–Crippen MR) is 187 cm³/mol. The van der Waals surface area contributed by atoms with E-state index in [9.17, 15) is 9.59 Å². The maximum Gasteiger partial charge on any atom is 0.232 e. The summed E-state index contributed by atoms with van der Waals surface area (Å²) in [5, 5.41) is 3.35. The van der Waals surface area contributed by atoms with Gasteiger partial charge in [0.05, 0.1) is 12.7 Å². The molecule has 48 heavy (non-hydrogen) atoms. The zero-order valence-electron chi connectivity index (χ0n) is 30.9. The smallest absolute Gasteiger partial charge is 0.232 e. The molecule has 4 saturated carbocycles. The summed E-state index contributed by atoms with van der Waals surface area (Å²) in [6.07, 6.45) is 14.6. The van der Waals surface area contributed by atoms with Crippen molar-refractivity contribution in [2.45, 2.75) is 135 Å². The molecule has 8 nitrogen and oxygen atoms in total. The van der Waals surface area contributed by atoms with Gasteiger partial charge in [-0.2, -0.15) is 0 Å². The van der Waals surface area contributed by atoms with Gasteiger partial charge in [0.2, 0.25) is 11.8 Å². The average Bonchev–Trinajstić information content (AvgIpc) is 3.52. The number of piperazine rings is 1. The van der Waals surface area contributed by atoms with Gasteiger partial charge in [-0.3, -0.25) is 14.5 Å². The number of amides is 2. The van der Waals surface area contributed by atoms with E-state index in [0.717, 1.165) is 95.7 Å². The third kappa shape index (κ3) is 5.69. The molecule has 4 heterocycles. The SMILES string of the molecule is C[C@@H]1CC[C@@]2(OC1)O[C@H]1C[C@H]3[C@@H]4CC[C@@H]5C[C@@H](NC(=O)CC(=O)N6CCC(N7CCN(C)CC7)CC6)CC[C@]5(C)C4CC[C@]3(C)[C@H]1[C@@H]2C. The molecule has 2 amide bonds. The number of hydrogen-bond acceptors (Lipinski definition) is 6. The van der Waals surface area contributed by atoms with Crippen LogP contribution in [-0.2, 0) is 19.1 Å². The standard InChI is InChI=1S/C40H66N4O4/c1-26-8-15-40(47-25-26)27(2)37-34(48-40)23-33-31-7-6-28-22-29(9-13-38(28,3)32(31)10-14-39(33,37)4)41-35(45)24-36(46)44-16-11-30(12-17-44)43-20-18-42(5)19-21-43/h26-34,37H,6-25H2,1-5H3,(H,41,45)/t26-,27+,28-,29+,31-,32?,33+,34+,37+,38+,39+,40-/m1/s1. The summed E-state index contributed by atoms with van der Waals surface area (Å²) < 4.78 is 13.5. The predicted octanol–water partition coefficient (Wildman–Crippen LogP) is 5.55. The first-order valence-electron chi connectivity index (χ1n) is 20.3. The molecule has 0 aromatic rings. The number of rotatable bonds is 4. The fourth-order valence-electron chi connectivity index (χ4n) is 13.6. The number of hydrogen-bond donors (Lipinski definition) is 1. The lowest BCUT2D eigenvalue weighted by molar-refractivity contribution is -0.273. The molecule has 4 saturated heterocycles. The number of likely N-dealkylation sites (N-methyl/N-ethyl adjacent to an activating group) is 1. The molecule has 8 rings (SSSR count). The van der Waals surface area contributed by atoms with Gasteiger partial charge in [0.1, 0.15) is 6.42 Å². The Kier molecular flexibility index (Phi) is 9.02. The summed E-state index contributed by atoms with van der Waals surface area (Å²) in [5.74, 6) is 4.41. The van der Waals surface area contributed by atoms with Gasteiger partial charge < -0.3 is 24.6 Å². The second-order valence-electron chi connectivity index (χ2n) is 18.8. The summed E-state index contributed by atoms with van der Waals surface area (Å²) in [4.78, 5) is 33.3. The Morgan fingerprint density at radius 2 is 1.56 bits per heavy atom. The minimum atomic E-state index is -0.328. The summed E-state index contributed by atoms with van der Waals surface area (Å²) >= 11 is 0. The van der Waals surface area contributed by atoms with E-state index in [1.807, 2.05) is 4.90 Å². The first-order chi connectivity index (χ1) is 23.0. The zero-order valence-corrected chi connectivity index (χ0v) is 30.9. The van der Waals surface area contributed by atoms with E-state index in [4.69, 9.17) is 9.47 Å². The normalized spacial score (nSPS) is 48.4. The Bertz CT molecular complexity index is 1210. The molecule has 1 unspecified atom stereocenters. The molecule has 8 heteroatoms. The zero-order chi connectivity index (χ0) is 33.4. The Labute approximate surface area is 290 Å². The van der Waals surface area contributed by atoms with E-state index >= 15 is 0 Å². The second kappa shape index (κ2) is 12.8. The van der Waals surface area contributed by atoms with Crippen LogP contribution < -0.4 is 5.32 Å². The van der Waals surface area contributed by atoms with Crippen molar-refractivity contribution < 1.29 is 19.1 Å². The molecular weight excluding hydrogens is 600 g/mol. The highest BCUT2D eigenvalue weighted by Crippen LogP contribution is 2.71. The van der Waals surface area contributed by atoms with Crippen molar-refractivity contribution in [3.8, 4) is 0 Å². The summed E-state index contributed by atoms with van der Waals surface area (Å²) in [6, 6.07) is 0.796. The first kappa shape index (κ1) is 33.9. The van der Waals surface area contributed by atoms with Crippen LogP contribution >= 0.6 is 0 Å². The maximum atomic E-state index is 13.2. The van der Waals surface area contributed by atoms with E-state index < -0.39 is 0 Å². The van der Waals surface area contributed by atoms with Crippen LogP contribution in [0.3, 0.4) is 0 Å². The molecule has 4 aliphatic carbocycles. The number of carbonyl (C=O) groups is 2. The first-order valence-corrected chi connectivity index (χ1v) is 20.3. The molecule has 1 spiro atoms. The van der Waals surface area contributed by atoms with Crippen molar-refractivity contribution >= 4 is 11.8 Å². The van der Waals surface area contributed by atoms with Gasteiger partial charge in [0.25, 0.3) is 0 Å². The lowest BCUT2D eigenvalue weighted by Crippen LogP contribution is -2.56. The number of ether oxygens (including phenoxy) is 2. The van der Waals surface area contributed by atoms with Gasteiger partial charge in [-0.15, -0.1) is 0 Å². The second-order valence-corrected chi connectivity index (χ2v) is 18.8. The number of carbonyl (C=O) groups excluding carboxylic acids is 2. The maximum absolute atomic E-state index is 13.2. The van der Waals surface area contributed by atoms with Gasteiger partial charge in [-0.05, 0) is 124 Å². The van der Waals surface area contributed by atoms with E-state index in [0.29, 0.717) is 46.6 Å². The van der Waals surface area contributed by atoms with Crippen molar-refractivity contribution in [3.05, 3.63) is 0 Å². The number of nitrogens with zero attached hydrogens (tertiary/aromatic N) is 3. The van der Waals surface area contributed by atoms with Crippen molar-refractivity contribution in [1.29, 1.82) is 0 Å². The molecule has 4 aliphatic heterocycles. The molecule has 1 N–H and O–H groups in total. The van der Waals surface area contributed by atoms with E-state index in [1.165, 1.54) is 44.9 Å². The largest absolute Gasteiger partial charge is 0.353 e. The summed E-state index contributed by atoms with van der Waals surface area (Å²) in [6.45, 7) is 17.0. The lowest BCUT2D eigenvalue weighted by atomic mass is 9.44. The molecule has 8 fully saturated rings. The van der Waals surface area contributed by atoms with E-state index in [2.05, 4.69) is 49.9 Å². The quantitative estimate of drug-likeness (QED) is 0.397. The van der Waals surface area contributed by atoms with Crippen molar-refractivity contribution in [2.75, 3.05) is 52.9 Å². The fraction of sp³-hybridized carbons (Fsp3) is 0.950. The van der Waals surface area contributed by atoms with Crippen LogP contribution in [0.25, 0.3) is 0 Å². The molecule has 0 radical (unpaired) electrons. The number of piperidine rings is 1. The van der Waals surface area contributed by atoms with Crippen molar-refractivity contribution in [2.24, 2.45) is 52.3 Å². The fourth-order valence-corrected chi connectivity index (χ4v) is 13.6. The highest BCUT2D eigenvalue weighted by molar-refractivity contribution is 5.97. The molecular formula is C40H66N4O4. The van der Waals surface area contributed by atoms with Crippen LogP contribution in [0.1, 0.15) is 111 Å². The minimum Gasteiger partial charge on any atom is -0.353 e. The highest BCUT2D eigenvalue weighted by Gasteiger charge is 2.69. The Balaban J connectivity index is 0.831. The van der Waals surface area contributed by atoms with Crippen LogP contribution in [0.15, 0.2) is 0 Å². The van der Waals surface area contributed by atoms with Gasteiger partial charge in [-0.25, -0.2) is 0 Å². The number of nitrogens with one attached hydrogen (secondary N) is 1. The molecule has 0 aromatic heterocycles. The van der Waals surface area contributed by atoms with Crippen molar-refractivity contribution in [1.82, 2.24) is 20.0 Å². The van der Waals surface area contributed by atoms with Crippen molar-refractivity contribution in [3.63, 3.8) is 0 Å². The average molecular weight is 667 g/mol. The van der Waals surface area contributed by atoms with E-state index in [1.54, 1.807) is 0 Å². The third-order valence-corrected chi connectivity index (χ3v) is 16.5. The topological polar surface area (TPSA) is 74.3 Å². The Hall–Kier alpha value is -1.22. The number of likely N-dealkylation sites (tertiary alicyclic amines) is 1. The van der Waals surface area contributed by atoms with Crippen LogP contribution in [0, 0.1) is 52.3 Å². The monoisotopic (exact) mass is 667 g/mol. The Morgan fingerprint density at radius 3 is 2.29 bits per heavy atom. The van der Waals surface area contributed by atoms with Crippen LogP contribution in [0.2, 0.25) is 0 Å². The molecule has 8 aliphatic rings. The summed E-state index contributed by atoms with van der Waals surface area (Å²) in [5.41, 5.74) is 0.728. The molecule has 270 valence electrons. The van der Waals surface area contributed by atoms with Gasteiger partial charge in [0.15, 0.2) is 5.79 Å². The van der Waals surface area contributed by atoms with Gasteiger partial charge in [-0.1, -0.05) is 27.7 Å². The lowest BCUT2D eigenvalue weighted by Gasteiger charge is -2.61. The highest BCUT2D eigenvalue weighted by atomic mass is 16.7. The molecule has 12 atom stereocenters. The van der Waals surface area contributed by atoms with Gasteiger partial charge in [0, 0.05) is 63.7 Å². The Morgan fingerprint density at radius 1 is 0.812 bits per heavy atom. The summed E-state index contributed by atoms with van der Waals surface area (Å²) in [7, 11) is 2.20.